The Labute approximate surface area is 243 Å². The molecule has 1 aliphatic carbocycles. The maximum Gasteiger partial charge on any atom is 0.408 e. The van der Waals surface area contributed by atoms with E-state index < -0.39 is 35.6 Å². The molecule has 1 saturated carbocycles. The Morgan fingerprint density at radius 3 is 2.07 bits per heavy atom. The van der Waals surface area contributed by atoms with E-state index in [0.29, 0.717) is 17.7 Å². The number of benzene rings is 2. The molecule has 41 heavy (non-hydrogen) atoms. The minimum absolute atomic E-state index is 0.0247. The number of alkyl carbamates (subject to hydrolysis) is 1. The van der Waals surface area contributed by atoms with E-state index in [0.717, 1.165) is 22.3 Å². The van der Waals surface area contributed by atoms with Crippen molar-refractivity contribution in [1.82, 2.24) is 10.2 Å². The molecular formula is C32H44N4O5. The van der Waals surface area contributed by atoms with Gasteiger partial charge in [-0.15, -0.1) is 0 Å². The standard InChI is InChI=1S/C32H44N4O5/c1-18-14-19(2)16-23(15-18)28(29(38)35-27-20(3)10-9-11-21(27)4)36(25-17-22(25)5)30(39)24(12-13-26(33)37)34-31(40)41-32(6,7)8/h9-11,14-16,22,24-25,28H,12-13,17H2,1-8H3,(H2,33,37)(H,34,40)(H,35,38). The summed E-state index contributed by atoms with van der Waals surface area (Å²) in [6, 6.07) is 9.27. The van der Waals surface area contributed by atoms with Crippen molar-refractivity contribution in [2.75, 3.05) is 5.32 Å². The van der Waals surface area contributed by atoms with Gasteiger partial charge in [-0.05, 0) is 83.9 Å². The molecule has 0 bridgehead atoms. The number of amides is 4. The van der Waals surface area contributed by atoms with E-state index in [2.05, 4.69) is 10.6 Å². The highest BCUT2D eigenvalue weighted by Crippen LogP contribution is 2.41. The molecule has 4 unspecified atom stereocenters. The number of primary amides is 1. The van der Waals surface area contributed by atoms with Crippen molar-refractivity contribution in [3.05, 3.63) is 64.2 Å². The lowest BCUT2D eigenvalue weighted by Crippen LogP contribution is -2.53. The summed E-state index contributed by atoms with van der Waals surface area (Å²) in [4.78, 5) is 54.7. The number of carbonyl (C=O) groups excluding carboxylic acids is 4. The molecule has 9 nitrogen and oxygen atoms in total. The van der Waals surface area contributed by atoms with Gasteiger partial charge in [-0.3, -0.25) is 14.4 Å². The van der Waals surface area contributed by atoms with Gasteiger partial charge in [0.15, 0.2) is 0 Å². The maximum atomic E-state index is 14.4. The van der Waals surface area contributed by atoms with Crippen molar-refractivity contribution in [1.29, 1.82) is 0 Å². The van der Waals surface area contributed by atoms with Crippen LogP contribution in [0.5, 0.6) is 0 Å². The van der Waals surface area contributed by atoms with Crippen LogP contribution in [0.3, 0.4) is 0 Å². The molecule has 0 radical (unpaired) electrons. The molecule has 1 fully saturated rings. The lowest BCUT2D eigenvalue weighted by Gasteiger charge is -2.35. The first-order chi connectivity index (χ1) is 19.1. The fourth-order valence-electron chi connectivity index (χ4n) is 5.16. The van der Waals surface area contributed by atoms with Crippen LogP contribution < -0.4 is 16.4 Å². The van der Waals surface area contributed by atoms with E-state index in [4.69, 9.17) is 10.5 Å². The number of carbonyl (C=O) groups is 4. The van der Waals surface area contributed by atoms with Crippen LogP contribution in [-0.2, 0) is 19.1 Å². The summed E-state index contributed by atoms with van der Waals surface area (Å²) >= 11 is 0. The van der Waals surface area contributed by atoms with Crippen molar-refractivity contribution < 1.29 is 23.9 Å². The second-order valence-corrected chi connectivity index (χ2v) is 12.3. The Morgan fingerprint density at radius 2 is 1.59 bits per heavy atom. The fourth-order valence-corrected chi connectivity index (χ4v) is 5.16. The van der Waals surface area contributed by atoms with Crippen LogP contribution in [0.4, 0.5) is 10.5 Å². The van der Waals surface area contributed by atoms with Crippen LogP contribution in [0.1, 0.15) is 80.8 Å². The summed E-state index contributed by atoms with van der Waals surface area (Å²) in [7, 11) is 0. The molecule has 9 heteroatoms. The van der Waals surface area contributed by atoms with Crippen LogP contribution >= 0.6 is 0 Å². The molecule has 4 atom stereocenters. The maximum absolute atomic E-state index is 14.4. The lowest BCUT2D eigenvalue weighted by atomic mass is 9.97. The van der Waals surface area contributed by atoms with E-state index in [1.54, 1.807) is 25.7 Å². The molecular weight excluding hydrogens is 520 g/mol. The van der Waals surface area contributed by atoms with Crippen molar-refractivity contribution in [2.45, 2.75) is 98.4 Å². The summed E-state index contributed by atoms with van der Waals surface area (Å²) in [6.07, 6.45) is -0.225. The summed E-state index contributed by atoms with van der Waals surface area (Å²) in [5.74, 6) is -1.27. The van der Waals surface area contributed by atoms with Gasteiger partial charge in [-0.1, -0.05) is 54.4 Å². The highest BCUT2D eigenvalue weighted by Gasteiger charge is 2.48. The van der Waals surface area contributed by atoms with E-state index in [1.165, 1.54) is 0 Å². The van der Waals surface area contributed by atoms with Gasteiger partial charge in [0.2, 0.25) is 11.8 Å². The Balaban J connectivity index is 2.09. The zero-order valence-corrected chi connectivity index (χ0v) is 25.5. The van der Waals surface area contributed by atoms with Crippen LogP contribution in [0, 0.1) is 33.6 Å². The number of hydrogen-bond donors (Lipinski definition) is 3. The van der Waals surface area contributed by atoms with Gasteiger partial charge < -0.3 is 26.0 Å². The third-order valence-corrected chi connectivity index (χ3v) is 7.16. The predicted molar refractivity (Wildman–Crippen MR) is 159 cm³/mol. The van der Waals surface area contributed by atoms with E-state index in [-0.39, 0.29) is 30.7 Å². The number of aryl methyl sites for hydroxylation is 4. The molecule has 0 heterocycles. The molecule has 4 N–H and O–H groups in total. The average molecular weight is 565 g/mol. The number of para-hydroxylation sites is 1. The van der Waals surface area contributed by atoms with Crippen LogP contribution in [0.25, 0.3) is 0 Å². The van der Waals surface area contributed by atoms with Gasteiger partial charge in [0.1, 0.15) is 17.7 Å². The Kier molecular flexibility index (Phi) is 9.84. The van der Waals surface area contributed by atoms with Gasteiger partial charge in [0.25, 0.3) is 5.91 Å². The van der Waals surface area contributed by atoms with Gasteiger partial charge in [-0.2, -0.15) is 0 Å². The summed E-state index contributed by atoms with van der Waals surface area (Å²) in [5, 5.41) is 5.74. The van der Waals surface area contributed by atoms with Crippen LogP contribution in [-0.4, -0.2) is 46.4 Å². The van der Waals surface area contributed by atoms with Gasteiger partial charge in [-0.25, -0.2) is 4.79 Å². The first-order valence-corrected chi connectivity index (χ1v) is 14.1. The fraction of sp³-hybridized carbons (Fsp3) is 0.500. The Bertz CT molecular complexity index is 1280. The molecule has 0 aromatic heterocycles. The number of ether oxygens (including phenoxy) is 1. The zero-order valence-electron chi connectivity index (χ0n) is 25.5. The number of nitrogens with zero attached hydrogens (tertiary/aromatic N) is 1. The lowest BCUT2D eigenvalue weighted by molar-refractivity contribution is -0.142. The normalized spacial score (nSPS) is 17.7. The third kappa shape index (κ3) is 8.55. The minimum atomic E-state index is -1.12. The van der Waals surface area contributed by atoms with Crippen molar-refractivity contribution in [3.63, 3.8) is 0 Å². The van der Waals surface area contributed by atoms with Crippen LogP contribution in [0.2, 0.25) is 0 Å². The summed E-state index contributed by atoms with van der Waals surface area (Å²) in [6.45, 7) is 14.9. The monoisotopic (exact) mass is 564 g/mol. The van der Waals surface area contributed by atoms with Gasteiger partial charge in [0, 0.05) is 18.2 Å². The number of rotatable bonds is 10. The average Bonchev–Trinajstić information content (AvgIpc) is 3.55. The van der Waals surface area contributed by atoms with Gasteiger partial charge >= 0.3 is 6.09 Å². The zero-order chi connectivity index (χ0) is 30.6. The van der Waals surface area contributed by atoms with E-state index in [9.17, 15) is 19.2 Å². The number of hydrogen-bond acceptors (Lipinski definition) is 5. The SMILES string of the molecule is Cc1cc(C)cc(C(C(=O)Nc2c(C)cccc2C)N(C(=O)C(CCC(N)=O)NC(=O)OC(C)(C)C)C2CC2C)c1. The van der Waals surface area contributed by atoms with E-state index >= 15 is 0 Å². The molecule has 2 aromatic carbocycles. The van der Waals surface area contributed by atoms with Crippen LogP contribution in [0.15, 0.2) is 36.4 Å². The quantitative estimate of drug-likeness (QED) is 0.374. The smallest absolute Gasteiger partial charge is 0.408 e. The molecule has 1 aliphatic rings. The molecule has 0 spiro atoms. The summed E-state index contributed by atoms with van der Waals surface area (Å²) < 4.78 is 5.42. The summed E-state index contributed by atoms with van der Waals surface area (Å²) in [5.41, 5.74) is 9.71. The van der Waals surface area contributed by atoms with Crippen molar-refractivity contribution in [2.24, 2.45) is 11.7 Å². The van der Waals surface area contributed by atoms with Crippen molar-refractivity contribution >= 4 is 29.5 Å². The highest BCUT2D eigenvalue weighted by molar-refractivity contribution is 6.00. The molecule has 0 aliphatic heterocycles. The molecule has 4 amide bonds. The first-order valence-electron chi connectivity index (χ1n) is 14.1. The second-order valence-electron chi connectivity index (χ2n) is 12.3. The highest BCUT2D eigenvalue weighted by atomic mass is 16.6. The molecule has 0 saturated heterocycles. The Morgan fingerprint density at radius 1 is 1.02 bits per heavy atom. The number of nitrogens with one attached hydrogen (secondary N) is 2. The topological polar surface area (TPSA) is 131 Å². The molecule has 2 aromatic rings. The minimum Gasteiger partial charge on any atom is -0.444 e. The number of nitrogens with two attached hydrogens (primary N) is 1. The molecule has 222 valence electrons. The number of anilines is 1. The molecule has 3 rings (SSSR count). The predicted octanol–water partition coefficient (Wildman–Crippen LogP) is 5.00. The first kappa shape index (κ1) is 31.6. The van der Waals surface area contributed by atoms with Gasteiger partial charge in [0.05, 0.1) is 0 Å². The van der Waals surface area contributed by atoms with Crippen molar-refractivity contribution in [3.8, 4) is 0 Å². The third-order valence-electron chi connectivity index (χ3n) is 7.16. The Hall–Kier alpha value is -3.88. The second kappa shape index (κ2) is 12.7. The largest absolute Gasteiger partial charge is 0.444 e. The van der Waals surface area contributed by atoms with E-state index in [1.807, 2.05) is 71.0 Å².